The topological polar surface area (TPSA) is 59.2 Å². The molecular formula is C10H12BrN3O. The Hall–Kier alpha value is -0.940. The van der Waals surface area contributed by atoms with Gasteiger partial charge in [-0.25, -0.2) is 4.98 Å². The first-order valence-corrected chi connectivity index (χ1v) is 5.63. The van der Waals surface area contributed by atoms with Gasteiger partial charge >= 0.3 is 0 Å². The molecule has 0 aliphatic carbocycles. The number of carbonyl (C=O) groups excluding carboxylic acids is 1. The third-order valence-electron chi connectivity index (χ3n) is 2.47. The average Bonchev–Trinajstić information content (AvgIpc) is 2.65. The lowest BCUT2D eigenvalue weighted by Crippen LogP contribution is -2.32. The van der Waals surface area contributed by atoms with Crippen LogP contribution in [0.15, 0.2) is 22.8 Å². The molecule has 1 aromatic rings. The second-order valence-corrected chi connectivity index (χ2v) is 4.49. The van der Waals surface area contributed by atoms with E-state index in [-0.39, 0.29) is 11.9 Å². The summed E-state index contributed by atoms with van der Waals surface area (Å²) in [4.78, 5) is 17.8. The van der Waals surface area contributed by atoms with Crippen molar-refractivity contribution in [1.82, 2.24) is 9.88 Å². The van der Waals surface area contributed by atoms with Crippen LogP contribution in [0.5, 0.6) is 0 Å². The standard InChI is InChI=1S/C10H12BrN3O/c11-8-2-1-4-13-9(8)10(15)14-5-3-7(12)6-14/h1-2,4,7H,3,5-6,12H2. The summed E-state index contributed by atoms with van der Waals surface area (Å²) in [6.45, 7) is 1.35. The van der Waals surface area contributed by atoms with Crippen LogP contribution < -0.4 is 5.73 Å². The quantitative estimate of drug-likeness (QED) is 0.828. The summed E-state index contributed by atoms with van der Waals surface area (Å²) in [7, 11) is 0. The van der Waals surface area contributed by atoms with Gasteiger partial charge in [0.25, 0.3) is 5.91 Å². The second kappa shape index (κ2) is 4.28. The number of hydrogen-bond donors (Lipinski definition) is 1. The first-order valence-electron chi connectivity index (χ1n) is 4.84. The van der Waals surface area contributed by atoms with Crippen molar-refractivity contribution in [2.24, 2.45) is 5.73 Å². The highest BCUT2D eigenvalue weighted by molar-refractivity contribution is 9.10. The molecule has 15 heavy (non-hydrogen) atoms. The number of aromatic nitrogens is 1. The minimum Gasteiger partial charge on any atom is -0.336 e. The minimum absolute atomic E-state index is 0.0459. The Morgan fingerprint density at radius 2 is 2.47 bits per heavy atom. The number of nitrogens with two attached hydrogens (primary N) is 1. The summed E-state index contributed by atoms with van der Waals surface area (Å²) in [5.41, 5.74) is 6.22. The minimum atomic E-state index is -0.0459. The van der Waals surface area contributed by atoms with Crippen molar-refractivity contribution in [3.8, 4) is 0 Å². The van der Waals surface area contributed by atoms with E-state index in [9.17, 15) is 4.79 Å². The number of hydrogen-bond acceptors (Lipinski definition) is 3. The molecule has 1 aromatic heterocycles. The monoisotopic (exact) mass is 269 g/mol. The molecule has 1 unspecified atom stereocenters. The molecule has 0 aromatic carbocycles. The highest BCUT2D eigenvalue weighted by atomic mass is 79.9. The highest BCUT2D eigenvalue weighted by Gasteiger charge is 2.26. The van der Waals surface area contributed by atoms with Crippen LogP contribution in [0.3, 0.4) is 0 Å². The van der Waals surface area contributed by atoms with E-state index in [0.717, 1.165) is 17.4 Å². The van der Waals surface area contributed by atoms with Crippen molar-refractivity contribution in [1.29, 1.82) is 0 Å². The van der Waals surface area contributed by atoms with E-state index in [1.807, 2.05) is 6.07 Å². The van der Waals surface area contributed by atoms with Gasteiger partial charge < -0.3 is 10.6 Å². The average molecular weight is 270 g/mol. The van der Waals surface area contributed by atoms with Crippen LogP contribution in [-0.4, -0.2) is 34.9 Å². The van der Waals surface area contributed by atoms with Crippen LogP contribution in [0.4, 0.5) is 0 Å². The van der Waals surface area contributed by atoms with Gasteiger partial charge in [0, 0.05) is 29.8 Å². The zero-order valence-corrected chi connectivity index (χ0v) is 9.77. The smallest absolute Gasteiger partial charge is 0.273 e. The number of rotatable bonds is 1. The zero-order valence-electron chi connectivity index (χ0n) is 8.19. The maximum atomic E-state index is 12.0. The Balaban J connectivity index is 2.18. The number of halogens is 1. The van der Waals surface area contributed by atoms with E-state index in [1.165, 1.54) is 0 Å². The van der Waals surface area contributed by atoms with E-state index >= 15 is 0 Å². The molecule has 1 saturated heterocycles. The lowest BCUT2D eigenvalue weighted by Gasteiger charge is -2.15. The van der Waals surface area contributed by atoms with Gasteiger partial charge in [-0.1, -0.05) is 0 Å². The third-order valence-corrected chi connectivity index (χ3v) is 3.11. The van der Waals surface area contributed by atoms with Crippen molar-refractivity contribution >= 4 is 21.8 Å². The Morgan fingerprint density at radius 3 is 3.07 bits per heavy atom. The van der Waals surface area contributed by atoms with E-state index < -0.39 is 0 Å². The Kier molecular flexibility index (Phi) is 3.02. The third kappa shape index (κ3) is 2.18. The van der Waals surface area contributed by atoms with E-state index in [1.54, 1.807) is 17.2 Å². The van der Waals surface area contributed by atoms with Gasteiger partial charge in [0.1, 0.15) is 5.69 Å². The fourth-order valence-corrected chi connectivity index (χ4v) is 2.09. The van der Waals surface area contributed by atoms with Gasteiger partial charge in [0.2, 0.25) is 0 Å². The van der Waals surface area contributed by atoms with Crippen molar-refractivity contribution in [3.05, 3.63) is 28.5 Å². The van der Waals surface area contributed by atoms with Gasteiger partial charge in [-0.3, -0.25) is 4.79 Å². The summed E-state index contributed by atoms with van der Waals surface area (Å²) in [6.07, 6.45) is 2.49. The van der Waals surface area contributed by atoms with E-state index in [0.29, 0.717) is 12.2 Å². The summed E-state index contributed by atoms with van der Waals surface area (Å²) < 4.78 is 0.732. The SMILES string of the molecule is NC1CCN(C(=O)c2ncccc2Br)C1. The van der Waals surface area contributed by atoms with Crippen molar-refractivity contribution in [3.63, 3.8) is 0 Å². The van der Waals surface area contributed by atoms with Gasteiger partial charge in [-0.05, 0) is 34.5 Å². The summed E-state index contributed by atoms with van der Waals surface area (Å²) in [5.74, 6) is -0.0459. The van der Waals surface area contributed by atoms with Gasteiger partial charge in [0.15, 0.2) is 0 Å². The Bertz CT molecular complexity index is 383. The van der Waals surface area contributed by atoms with Crippen LogP contribution in [0, 0.1) is 0 Å². The molecule has 1 fully saturated rings. The van der Waals surface area contributed by atoms with Crippen molar-refractivity contribution in [2.75, 3.05) is 13.1 Å². The van der Waals surface area contributed by atoms with E-state index in [2.05, 4.69) is 20.9 Å². The number of nitrogens with zero attached hydrogens (tertiary/aromatic N) is 2. The molecule has 1 aliphatic rings. The lowest BCUT2D eigenvalue weighted by atomic mass is 10.3. The van der Waals surface area contributed by atoms with Crippen LogP contribution in [0.25, 0.3) is 0 Å². The number of amides is 1. The largest absolute Gasteiger partial charge is 0.336 e. The molecule has 2 rings (SSSR count). The van der Waals surface area contributed by atoms with Crippen molar-refractivity contribution in [2.45, 2.75) is 12.5 Å². The Labute approximate surface area is 96.6 Å². The number of pyridine rings is 1. The van der Waals surface area contributed by atoms with E-state index in [4.69, 9.17) is 5.73 Å². The lowest BCUT2D eigenvalue weighted by molar-refractivity contribution is 0.0784. The maximum absolute atomic E-state index is 12.0. The van der Waals surface area contributed by atoms with Crippen LogP contribution in [0.2, 0.25) is 0 Å². The molecule has 0 spiro atoms. The zero-order chi connectivity index (χ0) is 10.8. The normalized spacial score (nSPS) is 20.7. The van der Waals surface area contributed by atoms with Gasteiger partial charge in [-0.2, -0.15) is 0 Å². The van der Waals surface area contributed by atoms with Gasteiger partial charge in [0.05, 0.1) is 0 Å². The summed E-state index contributed by atoms with van der Waals surface area (Å²) in [5, 5.41) is 0. The van der Waals surface area contributed by atoms with Crippen molar-refractivity contribution < 1.29 is 4.79 Å². The number of carbonyl (C=O) groups is 1. The predicted molar refractivity (Wildman–Crippen MR) is 60.4 cm³/mol. The van der Waals surface area contributed by atoms with Crippen LogP contribution >= 0.6 is 15.9 Å². The fraction of sp³-hybridized carbons (Fsp3) is 0.400. The molecule has 1 amide bonds. The highest BCUT2D eigenvalue weighted by Crippen LogP contribution is 2.17. The maximum Gasteiger partial charge on any atom is 0.273 e. The predicted octanol–water partition coefficient (Wildman–Crippen LogP) is 1.02. The molecule has 2 N–H and O–H groups in total. The fourth-order valence-electron chi connectivity index (χ4n) is 1.66. The van der Waals surface area contributed by atoms with Gasteiger partial charge in [-0.15, -0.1) is 0 Å². The first kappa shape index (κ1) is 10.6. The molecule has 1 atom stereocenters. The van der Waals surface area contributed by atoms with Crippen LogP contribution in [-0.2, 0) is 0 Å². The molecule has 0 bridgehead atoms. The molecule has 4 nitrogen and oxygen atoms in total. The molecule has 0 radical (unpaired) electrons. The Morgan fingerprint density at radius 1 is 1.67 bits per heavy atom. The molecule has 0 saturated carbocycles. The second-order valence-electron chi connectivity index (χ2n) is 3.63. The first-order chi connectivity index (χ1) is 7.18. The molecule has 1 aliphatic heterocycles. The summed E-state index contributed by atoms with van der Waals surface area (Å²) >= 11 is 3.32. The van der Waals surface area contributed by atoms with Crippen LogP contribution in [0.1, 0.15) is 16.9 Å². The summed E-state index contributed by atoms with van der Waals surface area (Å²) in [6, 6.07) is 3.71. The molecule has 80 valence electrons. The number of likely N-dealkylation sites (tertiary alicyclic amines) is 1. The molecule has 2 heterocycles. The molecular weight excluding hydrogens is 258 g/mol. The molecule has 5 heteroatoms.